The van der Waals surface area contributed by atoms with Crippen molar-refractivity contribution in [3.8, 4) is 5.75 Å². The SMILES string of the molecule is CO[C@@H](C)CN1CC[C@]2(C)c3c(O)cccc3C[C@H]1C2(C)C. The van der Waals surface area contributed by atoms with Gasteiger partial charge in [0.05, 0.1) is 6.10 Å². The van der Waals surface area contributed by atoms with Gasteiger partial charge in [0, 0.05) is 30.7 Å². The van der Waals surface area contributed by atoms with Gasteiger partial charge in [0.2, 0.25) is 0 Å². The van der Waals surface area contributed by atoms with Gasteiger partial charge in [0.25, 0.3) is 0 Å². The fourth-order valence-corrected chi connectivity index (χ4v) is 4.73. The van der Waals surface area contributed by atoms with E-state index in [-0.39, 0.29) is 16.9 Å². The Kier molecular flexibility index (Phi) is 3.77. The van der Waals surface area contributed by atoms with Gasteiger partial charge in [0.1, 0.15) is 5.75 Å². The molecule has 1 aliphatic heterocycles. The second kappa shape index (κ2) is 5.24. The van der Waals surface area contributed by atoms with Gasteiger partial charge in [-0.25, -0.2) is 0 Å². The molecule has 1 fully saturated rings. The van der Waals surface area contributed by atoms with Gasteiger partial charge in [-0.05, 0) is 43.4 Å². The molecule has 0 spiro atoms. The summed E-state index contributed by atoms with van der Waals surface area (Å²) in [5.41, 5.74) is 2.67. The molecule has 1 aromatic rings. The van der Waals surface area contributed by atoms with E-state index in [1.807, 2.05) is 12.1 Å². The number of likely N-dealkylation sites (tertiary alicyclic amines) is 1. The second-order valence-corrected chi connectivity index (χ2v) is 7.88. The Morgan fingerprint density at radius 1 is 1.36 bits per heavy atom. The largest absolute Gasteiger partial charge is 0.508 e. The lowest BCUT2D eigenvalue weighted by molar-refractivity contribution is -0.0576. The van der Waals surface area contributed by atoms with Gasteiger partial charge in [-0.15, -0.1) is 0 Å². The van der Waals surface area contributed by atoms with Crippen molar-refractivity contribution in [2.45, 2.75) is 58.1 Å². The van der Waals surface area contributed by atoms with Crippen LogP contribution in [0.5, 0.6) is 5.75 Å². The molecule has 22 heavy (non-hydrogen) atoms. The van der Waals surface area contributed by atoms with E-state index in [1.54, 1.807) is 7.11 Å². The van der Waals surface area contributed by atoms with Crippen LogP contribution in [0, 0.1) is 5.41 Å². The fraction of sp³-hybridized carbons (Fsp3) is 0.684. The zero-order chi connectivity index (χ0) is 16.1. The van der Waals surface area contributed by atoms with Crippen molar-refractivity contribution in [2.75, 3.05) is 20.2 Å². The lowest BCUT2D eigenvalue weighted by Crippen LogP contribution is -2.64. The molecule has 3 nitrogen and oxygen atoms in total. The average molecular weight is 303 g/mol. The molecule has 0 aromatic heterocycles. The van der Waals surface area contributed by atoms with Gasteiger partial charge >= 0.3 is 0 Å². The maximum absolute atomic E-state index is 10.5. The number of nitrogens with zero attached hydrogens (tertiary/aromatic N) is 1. The van der Waals surface area contributed by atoms with Crippen molar-refractivity contribution in [1.82, 2.24) is 4.90 Å². The van der Waals surface area contributed by atoms with E-state index in [4.69, 9.17) is 4.74 Å². The summed E-state index contributed by atoms with van der Waals surface area (Å²) in [6, 6.07) is 6.52. The van der Waals surface area contributed by atoms with Crippen molar-refractivity contribution in [1.29, 1.82) is 0 Å². The van der Waals surface area contributed by atoms with Gasteiger partial charge in [-0.1, -0.05) is 32.9 Å². The standard InChI is InChI=1S/C19H29NO2/c1-13(22-5)12-20-10-9-19(4)17-14(7-6-8-15(17)21)11-16(20)18(19,2)3/h6-8,13,16,21H,9-12H2,1-5H3/t13-,16-,19+/m0/s1. The predicted molar refractivity (Wildman–Crippen MR) is 89.4 cm³/mol. The smallest absolute Gasteiger partial charge is 0.119 e. The Morgan fingerprint density at radius 2 is 2.09 bits per heavy atom. The van der Waals surface area contributed by atoms with Crippen LogP contribution in [-0.4, -0.2) is 42.4 Å². The molecule has 3 atom stereocenters. The van der Waals surface area contributed by atoms with E-state index in [2.05, 4.69) is 38.7 Å². The summed E-state index contributed by atoms with van der Waals surface area (Å²) in [5, 5.41) is 10.5. The van der Waals surface area contributed by atoms with Gasteiger partial charge in [-0.2, -0.15) is 0 Å². The number of ether oxygens (including phenoxy) is 1. The molecule has 3 rings (SSSR count). The number of piperidine rings is 1. The normalized spacial score (nSPS) is 31.6. The molecule has 1 aliphatic carbocycles. The molecule has 0 amide bonds. The molecule has 0 radical (unpaired) electrons. The first-order valence-corrected chi connectivity index (χ1v) is 8.39. The van der Waals surface area contributed by atoms with Crippen LogP contribution in [0.2, 0.25) is 0 Å². The zero-order valence-electron chi connectivity index (χ0n) is 14.5. The second-order valence-electron chi connectivity index (χ2n) is 7.88. The van der Waals surface area contributed by atoms with Crippen molar-refractivity contribution >= 4 is 0 Å². The van der Waals surface area contributed by atoms with Crippen LogP contribution < -0.4 is 0 Å². The molecule has 1 N–H and O–H groups in total. The Bertz CT molecular complexity index is 569. The summed E-state index contributed by atoms with van der Waals surface area (Å²) >= 11 is 0. The first kappa shape index (κ1) is 15.8. The quantitative estimate of drug-likeness (QED) is 0.929. The Labute approximate surface area is 134 Å². The summed E-state index contributed by atoms with van der Waals surface area (Å²) in [7, 11) is 1.79. The van der Waals surface area contributed by atoms with E-state index in [9.17, 15) is 5.11 Å². The van der Waals surface area contributed by atoms with Gasteiger partial charge in [-0.3, -0.25) is 4.90 Å². The highest BCUT2D eigenvalue weighted by molar-refractivity contribution is 5.49. The summed E-state index contributed by atoms with van der Waals surface area (Å²) in [5.74, 6) is 0.477. The van der Waals surface area contributed by atoms with Crippen LogP contribution in [0.4, 0.5) is 0 Å². The number of phenolic OH excluding ortho intramolecular Hbond substituents is 1. The third-order valence-corrected chi connectivity index (χ3v) is 6.58. The average Bonchev–Trinajstić information content (AvgIpc) is 2.45. The molecule has 0 unspecified atom stereocenters. The Balaban J connectivity index is 2.04. The van der Waals surface area contributed by atoms with Gasteiger partial charge < -0.3 is 9.84 Å². The van der Waals surface area contributed by atoms with Crippen LogP contribution in [0.15, 0.2) is 18.2 Å². The molecule has 2 aliphatic rings. The number of aromatic hydroxyl groups is 1. The minimum absolute atomic E-state index is 0.0312. The highest BCUT2D eigenvalue weighted by Gasteiger charge is 2.56. The first-order valence-electron chi connectivity index (χ1n) is 8.39. The zero-order valence-corrected chi connectivity index (χ0v) is 14.5. The number of hydrogen-bond acceptors (Lipinski definition) is 3. The monoisotopic (exact) mass is 303 g/mol. The number of benzene rings is 1. The fourth-order valence-electron chi connectivity index (χ4n) is 4.73. The lowest BCUT2D eigenvalue weighted by Gasteiger charge is -2.61. The maximum Gasteiger partial charge on any atom is 0.119 e. The van der Waals surface area contributed by atoms with E-state index < -0.39 is 0 Å². The van der Waals surface area contributed by atoms with E-state index in [0.29, 0.717) is 11.8 Å². The van der Waals surface area contributed by atoms with E-state index >= 15 is 0 Å². The molecule has 1 heterocycles. The van der Waals surface area contributed by atoms with Crippen molar-refractivity contribution < 1.29 is 9.84 Å². The minimum Gasteiger partial charge on any atom is -0.508 e. The predicted octanol–water partition coefficient (Wildman–Crippen LogP) is 3.34. The van der Waals surface area contributed by atoms with Crippen LogP contribution >= 0.6 is 0 Å². The number of hydrogen-bond donors (Lipinski definition) is 1. The lowest BCUT2D eigenvalue weighted by atomic mass is 9.51. The number of phenols is 1. The minimum atomic E-state index is 0.0312. The summed E-state index contributed by atoms with van der Waals surface area (Å²) in [6.07, 6.45) is 2.35. The number of methoxy groups -OCH3 is 1. The highest BCUT2D eigenvalue weighted by atomic mass is 16.5. The molecular formula is C19H29NO2. The highest BCUT2D eigenvalue weighted by Crippen LogP contribution is 2.57. The van der Waals surface area contributed by atoms with Crippen molar-refractivity contribution in [2.24, 2.45) is 5.41 Å². The molecule has 3 heteroatoms. The summed E-state index contributed by atoms with van der Waals surface area (Å²) < 4.78 is 5.49. The first-order chi connectivity index (χ1) is 10.3. The van der Waals surface area contributed by atoms with Gasteiger partial charge in [0.15, 0.2) is 0 Å². The Morgan fingerprint density at radius 3 is 2.77 bits per heavy atom. The molecule has 2 bridgehead atoms. The summed E-state index contributed by atoms with van der Waals surface area (Å²) in [4.78, 5) is 2.60. The molecule has 1 saturated heterocycles. The van der Waals surface area contributed by atoms with Crippen LogP contribution in [-0.2, 0) is 16.6 Å². The van der Waals surface area contributed by atoms with Crippen LogP contribution in [0.25, 0.3) is 0 Å². The molecule has 122 valence electrons. The molecular weight excluding hydrogens is 274 g/mol. The van der Waals surface area contributed by atoms with Crippen molar-refractivity contribution in [3.63, 3.8) is 0 Å². The summed E-state index contributed by atoms with van der Waals surface area (Å²) in [6.45, 7) is 11.3. The Hall–Kier alpha value is -1.06. The number of rotatable bonds is 3. The third kappa shape index (κ3) is 2.10. The number of fused-ring (bicyclic) bond motifs is 4. The maximum atomic E-state index is 10.5. The topological polar surface area (TPSA) is 32.7 Å². The van der Waals surface area contributed by atoms with Crippen LogP contribution in [0.1, 0.15) is 45.2 Å². The van der Waals surface area contributed by atoms with Crippen molar-refractivity contribution in [3.05, 3.63) is 29.3 Å². The molecule has 1 aromatic carbocycles. The third-order valence-electron chi connectivity index (χ3n) is 6.58. The van der Waals surface area contributed by atoms with E-state index in [0.717, 1.165) is 25.9 Å². The van der Waals surface area contributed by atoms with E-state index in [1.165, 1.54) is 11.1 Å². The van der Waals surface area contributed by atoms with Crippen LogP contribution in [0.3, 0.4) is 0 Å². The molecule has 0 saturated carbocycles.